The Morgan fingerprint density at radius 1 is 1.22 bits per heavy atom. The third-order valence-electron chi connectivity index (χ3n) is 3.63. The first-order valence-electron chi connectivity index (χ1n) is 6.50. The first kappa shape index (κ1) is 11.8. The van der Waals surface area contributed by atoms with Crippen LogP contribution >= 0.6 is 0 Å². The molecule has 0 aromatic heterocycles. The smallest absolute Gasteiger partial charge is 0.161 e. The Labute approximate surface area is 107 Å². The highest BCUT2D eigenvalue weighted by molar-refractivity contribution is 5.43. The van der Waals surface area contributed by atoms with Crippen molar-refractivity contribution in [1.82, 2.24) is 5.32 Å². The van der Waals surface area contributed by atoms with Gasteiger partial charge in [-0.15, -0.1) is 0 Å². The van der Waals surface area contributed by atoms with Crippen molar-refractivity contribution in [3.05, 3.63) is 23.8 Å². The average molecular weight is 249 g/mol. The largest absolute Gasteiger partial charge is 0.486 e. The molecular weight excluding hydrogens is 230 g/mol. The molecule has 1 heterocycles. The topological polar surface area (TPSA) is 39.7 Å². The van der Waals surface area contributed by atoms with E-state index in [1.54, 1.807) is 7.11 Å². The molecule has 0 spiro atoms. The lowest BCUT2D eigenvalue weighted by molar-refractivity contribution is 0.0170. The number of nitrogens with one attached hydrogen (secondary N) is 1. The Balaban J connectivity index is 1.54. The van der Waals surface area contributed by atoms with E-state index in [1.807, 2.05) is 6.07 Å². The fourth-order valence-corrected chi connectivity index (χ4v) is 2.38. The number of ether oxygens (including phenoxy) is 3. The van der Waals surface area contributed by atoms with Gasteiger partial charge in [-0.1, -0.05) is 6.07 Å². The molecule has 0 bridgehead atoms. The molecule has 1 fully saturated rings. The standard InChI is InChI=1S/C14H19NO3/c1-16-12-7-11(8-12)15-9-10-2-3-13-14(6-10)18-5-4-17-13/h2-3,6,11-12,15H,4-5,7-9H2,1H3. The zero-order valence-electron chi connectivity index (χ0n) is 10.6. The molecule has 1 saturated carbocycles. The minimum Gasteiger partial charge on any atom is -0.486 e. The average Bonchev–Trinajstić information content (AvgIpc) is 2.37. The van der Waals surface area contributed by atoms with E-state index in [0.717, 1.165) is 30.9 Å². The predicted octanol–water partition coefficient (Wildman–Crippen LogP) is 1.72. The first-order chi connectivity index (χ1) is 8.85. The van der Waals surface area contributed by atoms with E-state index in [-0.39, 0.29) is 0 Å². The molecule has 0 radical (unpaired) electrons. The van der Waals surface area contributed by atoms with Crippen LogP contribution in [0.15, 0.2) is 18.2 Å². The summed E-state index contributed by atoms with van der Waals surface area (Å²) in [4.78, 5) is 0. The molecule has 1 aliphatic heterocycles. The second-order valence-electron chi connectivity index (χ2n) is 4.88. The quantitative estimate of drug-likeness (QED) is 0.882. The number of rotatable bonds is 4. The Morgan fingerprint density at radius 2 is 2.00 bits per heavy atom. The monoisotopic (exact) mass is 249 g/mol. The van der Waals surface area contributed by atoms with Gasteiger partial charge in [-0.2, -0.15) is 0 Å². The van der Waals surface area contributed by atoms with Crippen molar-refractivity contribution in [2.24, 2.45) is 0 Å². The third kappa shape index (κ3) is 2.44. The minimum absolute atomic E-state index is 0.447. The van der Waals surface area contributed by atoms with Crippen molar-refractivity contribution in [2.75, 3.05) is 20.3 Å². The zero-order valence-corrected chi connectivity index (χ0v) is 10.6. The Morgan fingerprint density at radius 3 is 2.78 bits per heavy atom. The second kappa shape index (κ2) is 5.16. The van der Waals surface area contributed by atoms with Gasteiger partial charge in [-0.3, -0.25) is 0 Å². The molecular formula is C14H19NO3. The molecule has 0 unspecified atom stereocenters. The molecule has 2 aliphatic rings. The van der Waals surface area contributed by atoms with Crippen LogP contribution < -0.4 is 14.8 Å². The SMILES string of the molecule is COC1CC(NCc2ccc3c(c2)OCCO3)C1. The lowest BCUT2D eigenvalue weighted by Crippen LogP contribution is -2.44. The molecule has 1 aromatic carbocycles. The van der Waals surface area contributed by atoms with Crippen LogP contribution in [0.3, 0.4) is 0 Å². The molecule has 1 aliphatic carbocycles. The Bertz CT molecular complexity index is 416. The fourth-order valence-electron chi connectivity index (χ4n) is 2.38. The van der Waals surface area contributed by atoms with Gasteiger partial charge in [0.15, 0.2) is 11.5 Å². The highest BCUT2D eigenvalue weighted by Gasteiger charge is 2.28. The van der Waals surface area contributed by atoms with Gasteiger partial charge in [0, 0.05) is 19.7 Å². The van der Waals surface area contributed by atoms with Crippen LogP contribution in [0, 0.1) is 0 Å². The van der Waals surface area contributed by atoms with Crippen LogP contribution in [0.2, 0.25) is 0 Å². The van der Waals surface area contributed by atoms with Gasteiger partial charge in [-0.05, 0) is 30.5 Å². The number of methoxy groups -OCH3 is 1. The van der Waals surface area contributed by atoms with Gasteiger partial charge in [0.1, 0.15) is 13.2 Å². The molecule has 0 amide bonds. The summed E-state index contributed by atoms with van der Waals surface area (Å²) in [5.74, 6) is 1.72. The highest BCUT2D eigenvalue weighted by Crippen LogP contribution is 2.31. The maximum Gasteiger partial charge on any atom is 0.161 e. The van der Waals surface area contributed by atoms with Crippen molar-refractivity contribution in [2.45, 2.75) is 31.5 Å². The molecule has 0 saturated heterocycles. The Kier molecular flexibility index (Phi) is 3.39. The summed E-state index contributed by atoms with van der Waals surface area (Å²) in [6.45, 7) is 2.16. The van der Waals surface area contributed by atoms with Gasteiger partial charge in [0.05, 0.1) is 6.10 Å². The summed E-state index contributed by atoms with van der Waals surface area (Å²) >= 11 is 0. The summed E-state index contributed by atoms with van der Waals surface area (Å²) in [5.41, 5.74) is 1.24. The van der Waals surface area contributed by atoms with Crippen LogP contribution in [-0.4, -0.2) is 32.5 Å². The third-order valence-corrected chi connectivity index (χ3v) is 3.63. The predicted molar refractivity (Wildman–Crippen MR) is 68.1 cm³/mol. The summed E-state index contributed by atoms with van der Waals surface area (Å²) < 4.78 is 16.3. The molecule has 98 valence electrons. The van der Waals surface area contributed by atoms with Gasteiger partial charge in [0.25, 0.3) is 0 Å². The summed E-state index contributed by atoms with van der Waals surface area (Å²) in [7, 11) is 1.78. The molecule has 3 rings (SSSR count). The number of fused-ring (bicyclic) bond motifs is 1. The lowest BCUT2D eigenvalue weighted by atomic mass is 9.89. The van der Waals surface area contributed by atoms with Gasteiger partial charge < -0.3 is 19.5 Å². The lowest BCUT2D eigenvalue weighted by Gasteiger charge is -2.34. The van der Waals surface area contributed by atoms with E-state index in [9.17, 15) is 0 Å². The van der Waals surface area contributed by atoms with E-state index in [2.05, 4.69) is 17.4 Å². The second-order valence-corrected chi connectivity index (χ2v) is 4.88. The van der Waals surface area contributed by atoms with E-state index >= 15 is 0 Å². The van der Waals surface area contributed by atoms with Crippen LogP contribution in [0.1, 0.15) is 18.4 Å². The molecule has 1 aromatic rings. The zero-order chi connectivity index (χ0) is 12.4. The molecule has 18 heavy (non-hydrogen) atoms. The van der Waals surface area contributed by atoms with Crippen LogP contribution in [0.4, 0.5) is 0 Å². The van der Waals surface area contributed by atoms with Crippen LogP contribution in [0.5, 0.6) is 11.5 Å². The normalized spacial score (nSPS) is 25.6. The fraction of sp³-hybridized carbons (Fsp3) is 0.571. The van der Waals surface area contributed by atoms with Crippen molar-refractivity contribution < 1.29 is 14.2 Å². The highest BCUT2D eigenvalue weighted by atomic mass is 16.6. The van der Waals surface area contributed by atoms with Crippen molar-refractivity contribution in [1.29, 1.82) is 0 Å². The summed E-state index contributed by atoms with van der Waals surface area (Å²) in [6.07, 6.45) is 2.67. The van der Waals surface area contributed by atoms with Crippen molar-refractivity contribution >= 4 is 0 Å². The Hall–Kier alpha value is -1.26. The molecule has 1 N–H and O–H groups in total. The molecule has 4 heteroatoms. The van der Waals surface area contributed by atoms with Crippen molar-refractivity contribution in [3.63, 3.8) is 0 Å². The van der Waals surface area contributed by atoms with E-state index in [0.29, 0.717) is 25.4 Å². The van der Waals surface area contributed by atoms with Crippen LogP contribution in [-0.2, 0) is 11.3 Å². The number of hydrogen-bond acceptors (Lipinski definition) is 4. The van der Waals surface area contributed by atoms with E-state index in [1.165, 1.54) is 5.56 Å². The summed E-state index contributed by atoms with van der Waals surface area (Å²) in [5, 5.41) is 3.53. The van der Waals surface area contributed by atoms with E-state index in [4.69, 9.17) is 14.2 Å². The molecule has 0 atom stereocenters. The van der Waals surface area contributed by atoms with Crippen molar-refractivity contribution in [3.8, 4) is 11.5 Å². The van der Waals surface area contributed by atoms with Crippen LogP contribution in [0.25, 0.3) is 0 Å². The summed E-state index contributed by atoms with van der Waals surface area (Å²) in [6, 6.07) is 6.73. The number of hydrogen-bond donors (Lipinski definition) is 1. The number of benzene rings is 1. The van der Waals surface area contributed by atoms with Gasteiger partial charge in [0.2, 0.25) is 0 Å². The van der Waals surface area contributed by atoms with Gasteiger partial charge >= 0.3 is 0 Å². The molecule has 4 nitrogen and oxygen atoms in total. The maximum absolute atomic E-state index is 5.57. The van der Waals surface area contributed by atoms with E-state index < -0.39 is 0 Å². The minimum atomic E-state index is 0.447. The van der Waals surface area contributed by atoms with Gasteiger partial charge in [-0.25, -0.2) is 0 Å². The maximum atomic E-state index is 5.57. The first-order valence-corrected chi connectivity index (χ1v) is 6.50.